The van der Waals surface area contributed by atoms with Gasteiger partial charge in [0.05, 0.1) is 12.5 Å². The van der Waals surface area contributed by atoms with Gasteiger partial charge in [-0.3, -0.25) is 4.79 Å². The first kappa shape index (κ1) is 12.4. The molecule has 78 valence electrons. The maximum atomic E-state index is 10.8. The Hall–Kier alpha value is -0.570. The Bertz CT molecular complexity index is 137. The number of aliphatic hydroxyl groups excluding tert-OH is 1. The summed E-state index contributed by atoms with van der Waals surface area (Å²) in [6.45, 7) is 2.15. The van der Waals surface area contributed by atoms with Gasteiger partial charge in [0, 0.05) is 7.05 Å². The van der Waals surface area contributed by atoms with Crippen molar-refractivity contribution in [2.45, 2.75) is 51.6 Å². The largest absolute Gasteiger partial charge is 0.393 e. The maximum absolute atomic E-state index is 10.8. The quantitative estimate of drug-likeness (QED) is 0.593. The zero-order chi connectivity index (χ0) is 10.1. The first-order valence-corrected chi connectivity index (χ1v) is 5.09. The standard InChI is InChI=1S/C10H21NO2/c1-3-4-5-6-7-9(12)8-10(13)11-2/h9,12H,3-8H2,1-2H3,(H,11,13)/t9-/m0/s1. The lowest BCUT2D eigenvalue weighted by Crippen LogP contribution is -2.23. The summed E-state index contributed by atoms with van der Waals surface area (Å²) in [7, 11) is 1.59. The molecule has 0 aliphatic carbocycles. The lowest BCUT2D eigenvalue weighted by atomic mass is 10.1. The molecule has 3 nitrogen and oxygen atoms in total. The van der Waals surface area contributed by atoms with Gasteiger partial charge in [-0.05, 0) is 6.42 Å². The molecule has 1 amide bonds. The van der Waals surface area contributed by atoms with Crippen molar-refractivity contribution in [3.63, 3.8) is 0 Å². The van der Waals surface area contributed by atoms with E-state index in [4.69, 9.17) is 0 Å². The van der Waals surface area contributed by atoms with E-state index < -0.39 is 6.10 Å². The van der Waals surface area contributed by atoms with Crippen molar-refractivity contribution in [3.8, 4) is 0 Å². The molecule has 0 fully saturated rings. The van der Waals surface area contributed by atoms with E-state index >= 15 is 0 Å². The fourth-order valence-electron chi connectivity index (χ4n) is 1.22. The van der Waals surface area contributed by atoms with Crippen molar-refractivity contribution >= 4 is 5.91 Å². The van der Waals surface area contributed by atoms with E-state index in [1.807, 2.05) is 0 Å². The second-order valence-corrected chi connectivity index (χ2v) is 3.38. The normalized spacial score (nSPS) is 12.5. The average Bonchev–Trinajstić information content (AvgIpc) is 2.12. The van der Waals surface area contributed by atoms with Crippen molar-refractivity contribution in [2.24, 2.45) is 0 Å². The number of amides is 1. The van der Waals surface area contributed by atoms with Gasteiger partial charge < -0.3 is 10.4 Å². The van der Waals surface area contributed by atoms with Crippen LogP contribution in [0.25, 0.3) is 0 Å². The van der Waals surface area contributed by atoms with Gasteiger partial charge in [-0.1, -0.05) is 32.6 Å². The Morgan fingerprint density at radius 1 is 1.38 bits per heavy atom. The van der Waals surface area contributed by atoms with Gasteiger partial charge in [-0.25, -0.2) is 0 Å². The van der Waals surface area contributed by atoms with Crippen LogP contribution in [0.3, 0.4) is 0 Å². The Labute approximate surface area is 80.5 Å². The minimum Gasteiger partial charge on any atom is -0.393 e. The molecule has 0 aliphatic heterocycles. The molecule has 2 N–H and O–H groups in total. The molecule has 0 aliphatic rings. The number of carbonyl (C=O) groups is 1. The third-order valence-electron chi connectivity index (χ3n) is 2.09. The van der Waals surface area contributed by atoms with Gasteiger partial charge in [0.25, 0.3) is 0 Å². The van der Waals surface area contributed by atoms with Crippen LogP contribution < -0.4 is 5.32 Å². The van der Waals surface area contributed by atoms with Gasteiger partial charge in [-0.2, -0.15) is 0 Å². The molecule has 13 heavy (non-hydrogen) atoms. The SMILES string of the molecule is CCCCCC[C@H](O)CC(=O)NC. The van der Waals surface area contributed by atoms with Gasteiger partial charge in [0.2, 0.25) is 5.91 Å². The van der Waals surface area contributed by atoms with E-state index in [1.165, 1.54) is 12.8 Å². The lowest BCUT2D eigenvalue weighted by molar-refractivity contribution is -0.122. The summed E-state index contributed by atoms with van der Waals surface area (Å²) < 4.78 is 0. The smallest absolute Gasteiger partial charge is 0.222 e. The Morgan fingerprint density at radius 3 is 2.62 bits per heavy atom. The van der Waals surface area contributed by atoms with Gasteiger partial charge in [0.15, 0.2) is 0 Å². The molecule has 0 saturated carbocycles. The molecule has 0 heterocycles. The number of hydrogen-bond acceptors (Lipinski definition) is 2. The van der Waals surface area contributed by atoms with E-state index in [-0.39, 0.29) is 12.3 Å². The Kier molecular flexibility index (Phi) is 7.69. The number of nitrogens with one attached hydrogen (secondary N) is 1. The van der Waals surface area contributed by atoms with E-state index in [2.05, 4.69) is 12.2 Å². The summed E-state index contributed by atoms with van der Waals surface area (Å²) in [6, 6.07) is 0. The van der Waals surface area contributed by atoms with Crippen molar-refractivity contribution in [1.29, 1.82) is 0 Å². The molecule has 1 atom stereocenters. The highest BCUT2D eigenvalue weighted by molar-refractivity contribution is 5.75. The van der Waals surface area contributed by atoms with Gasteiger partial charge in [-0.15, -0.1) is 0 Å². The molecule has 0 saturated heterocycles. The van der Waals surface area contributed by atoms with E-state index in [0.717, 1.165) is 19.3 Å². The highest BCUT2D eigenvalue weighted by atomic mass is 16.3. The number of unbranched alkanes of at least 4 members (excludes halogenated alkanes) is 3. The predicted octanol–water partition coefficient (Wildman–Crippen LogP) is 1.45. The average molecular weight is 187 g/mol. The summed E-state index contributed by atoms with van der Waals surface area (Å²) in [5, 5.41) is 11.9. The second kappa shape index (κ2) is 8.05. The molecule has 0 radical (unpaired) electrons. The second-order valence-electron chi connectivity index (χ2n) is 3.38. The van der Waals surface area contributed by atoms with Crippen molar-refractivity contribution in [3.05, 3.63) is 0 Å². The van der Waals surface area contributed by atoms with Crippen molar-refractivity contribution < 1.29 is 9.90 Å². The van der Waals surface area contributed by atoms with Crippen LogP contribution in [0.5, 0.6) is 0 Å². The molecule has 3 heteroatoms. The first-order chi connectivity index (χ1) is 6.20. The van der Waals surface area contributed by atoms with Crippen molar-refractivity contribution in [2.75, 3.05) is 7.05 Å². The summed E-state index contributed by atoms with van der Waals surface area (Å²) in [6.07, 6.45) is 5.11. The van der Waals surface area contributed by atoms with Crippen LogP contribution in [0.4, 0.5) is 0 Å². The highest BCUT2D eigenvalue weighted by Crippen LogP contribution is 2.07. The van der Waals surface area contributed by atoms with Gasteiger partial charge in [0.1, 0.15) is 0 Å². The number of rotatable bonds is 7. The summed E-state index contributed by atoms with van der Waals surface area (Å²) in [4.78, 5) is 10.8. The van der Waals surface area contributed by atoms with Crippen molar-refractivity contribution in [1.82, 2.24) is 5.32 Å². The Morgan fingerprint density at radius 2 is 2.08 bits per heavy atom. The third kappa shape index (κ3) is 7.78. The van der Waals surface area contributed by atoms with E-state index in [0.29, 0.717) is 0 Å². The zero-order valence-electron chi connectivity index (χ0n) is 8.68. The number of hydrogen-bond donors (Lipinski definition) is 2. The van der Waals surface area contributed by atoms with E-state index in [9.17, 15) is 9.90 Å². The molecule has 0 aromatic rings. The molecular weight excluding hydrogens is 166 g/mol. The molecule has 0 bridgehead atoms. The van der Waals surface area contributed by atoms with Crippen LogP contribution in [0.1, 0.15) is 45.4 Å². The topological polar surface area (TPSA) is 49.3 Å². The summed E-state index contributed by atoms with van der Waals surface area (Å²) in [5.74, 6) is -0.0806. The fourth-order valence-corrected chi connectivity index (χ4v) is 1.22. The highest BCUT2D eigenvalue weighted by Gasteiger charge is 2.08. The van der Waals surface area contributed by atoms with Crippen LogP contribution in [0, 0.1) is 0 Å². The van der Waals surface area contributed by atoms with Gasteiger partial charge >= 0.3 is 0 Å². The molecule has 0 rings (SSSR count). The maximum Gasteiger partial charge on any atom is 0.222 e. The van der Waals surface area contributed by atoms with Crippen LogP contribution in [-0.4, -0.2) is 24.2 Å². The van der Waals surface area contributed by atoms with Crippen LogP contribution >= 0.6 is 0 Å². The third-order valence-corrected chi connectivity index (χ3v) is 2.09. The summed E-state index contributed by atoms with van der Waals surface area (Å²) >= 11 is 0. The van der Waals surface area contributed by atoms with Crippen LogP contribution in [0.15, 0.2) is 0 Å². The Balaban J connectivity index is 3.29. The summed E-state index contributed by atoms with van der Waals surface area (Å²) in [5.41, 5.74) is 0. The number of aliphatic hydroxyl groups is 1. The van der Waals surface area contributed by atoms with Crippen LogP contribution in [-0.2, 0) is 4.79 Å². The zero-order valence-corrected chi connectivity index (χ0v) is 8.68. The molecule has 0 spiro atoms. The molecule has 0 aromatic heterocycles. The molecule has 0 aromatic carbocycles. The molecular formula is C10H21NO2. The number of carbonyl (C=O) groups excluding carboxylic acids is 1. The first-order valence-electron chi connectivity index (χ1n) is 5.09. The van der Waals surface area contributed by atoms with Crippen LogP contribution in [0.2, 0.25) is 0 Å². The molecule has 0 unspecified atom stereocenters. The fraction of sp³-hybridized carbons (Fsp3) is 0.900. The predicted molar refractivity (Wildman–Crippen MR) is 53.4 cm³/mol. The van der Waals surface area contributed by atoms with E-state index in [1.54, 1.807) is 7.05 Å². The monoisotopic (exact) mass is 187 g/mol. The minimum atomic E-state index is -0.461. The lowest BCUT2D eigenvalue weighted by Gasteiger charge is -2.08. The minimum absolute atomic E-state index is 0.0806.